The molecule has 4 nitrogen and oxygen atoms in total. The van der Waals surface area contributed by atoms with Crippen molar-refractivity contribution in [2.45, 2.75) is 11.8 Å². The minimum absolute atomic E-state index is 0.0726. The first-order valence-electron chi connectivity index (χ1n) is 6.63. The van der Waals surface area contributed by atoms with Crippen LogP contribution in [0.1, 0.15) is 5.69 Å². The Morgan fingerprint density at radius 2 is 1.78 bits per heavy atom. The fourth-order valence-corrected chi connectivity index (χ4v) is 3.41. The third-order valence-electron chi connectivity index (χ3n) is 3.20. The number of aryl methyl sites for hydroxylation is 1. The number of benzene rings is 2. The molecule has 1 aromatic heterocycles. The molecule has 118 valence electrons. The molecule has 3 rings (SSSR count). The summed E-state index contributed by atoms with van der Waals surface area (Å²) >= 11 is 11.7. The van der Waals surface area contributed by atoms with E-state index in [4.69, 9.17) is 27.4 Å². The highest BCUT2D eigenvalue weighted by atomic mass is 35.5. The Morgan fingerprint density at radius 3 is 2.52 bits per heavy atom. The van der Waals surface area contributed by atoms with Gasteiger partial charge in [-0.2, -0.15) is 8.42 Å². The molecule has 0 N–H and O–H groups in total. The molecule has 0 bridgehead atoms. The standard InChI is InChI=1S/C16H11Cl2NO3S/c1-10-5-6-11-3-2-4-15(16(11)19-10)22-23(20,21)12-7-8-13(17)14(18)9-12/h2-9H,1H3. The minimum Gasteiger partial charge on any atom is -0.377 e. The number of hydrogen-bond acceptors (Lipinski definition) is 4. The fourth-order valence-electron chi connectivity index (χ4n) is 2.08. The highest BCUT2D eigenvalue weighted by Gasteiger charge is 2.19. The van der Waals surface area contributed by atoms with Crippen LogP contribution < -0.4 is 4.18 Å². The summed E-state index contributed by atoms with van der Waals surface area (Å²) < 4.78 is 30.1. The zero-order valence-corrected chi connectivity index (χ0v) is 14.3. The lowest BCUT2D eigenvalue weighted by Gasteiger charge is -2.10. The molecule has 3 aromatic rings. The van der Waals surface area contributed by atoms with Crippen LogP contribution in [-0.2, 0) is 10.1 Å². The van der Waals surface area contributed by atoms with E-state index in [1.54, 1.807) is 12.1 Å². The third kappa shape index (κ3) is 3.27. The molecule has 0 aliphatic carbocycles. The van der Waals surface area contributed by atoms with E-state index < -0.39 is 10.1 Å². The van der Waals surface area contributed by atoms with Gasteiger partial charge in [-0.25, -0.2) is 4.98 Å². The number of hydrogen-bond donors (Lipinski definition) is 0. The van der Waals surface area contributed by atoms with Gasteiger partial charge in [-0.15, -0.1) is 0 Å². The van der Waals surface area contributed by atoms with Gasteiger partial charge in [0.15, 0.2) is 5.75 Å². The van der Waals surface area contributed by atoms with Gasteiger partial charge in [0, 0.05) is 11.1 Å². The number of fused-ring (bicyclic) bond motifs is 1. The molecule has 0 unspecified atom stereocenters. The maximum Gasteiger partial charge on any atom is 0.339 e. The lowest BCUT2D eigenvalue weighted by Crippen LogP contribution is -2.10. The lowest BCUT2D eigenvalue weighted by molar-refractivity contribution is 0.488. The summed E-state index contributed by atoms with van der Waals surface area (Å²) in [5, 5.41) is 1.20. The van der Waals surface area contributed by atoms with Crippen LogP contribution in [0.15, 0.2) is 53.4 Å². The number of halogens is 2. The molecule has 0 aliphatic heterocycles. The van der Waals surface area contributed by atoms with Crippen LogP contribution in [0.5, 0.6) is 5.75 Å². The molecule has 0 radical (unpaired) electrons. The van der Waals surface area contributed by atoms with E-state index in [-0.39, 0.29) is 20.7 Å². The third-order valence-corrected chi connectivity index (χ3v) is 5.17. The Bertz CT molecular complexity index is 1000. The van der Waals surface area contributed by atoms with Crippen LogP contribution in [0.2, 0.25) is 10.0 Å². The Balaban J connectivity index is 2.07. The number of rotatable bonds is 3. The summed E-state index contributed by atoms with van der Waals surface area (Å²) in [5.74, 6) is 0.164. The Hall–Kier alpha value is -1.82. The number of pyridine rings is 1. The van der Waals surface area contributed by atoms with Crippen LogP contribution in [0.3, 0.4) is 0 Å². The van der Waals surface area contributed by atoms with Gasteiger partial charge in [-0.3, -0.25) is 0 Å². The largest absolute Gasteiger partial charge is 0.377 e. The first-order valence-corrected chi connectivity index (χ1v) is 8.79. The van der Waals surface area contributed by atoms with Crippen molar-refractivity contribution in [1.29, 1.82) is 0 Å². The van der Waals surface area contributed by atoms with Crippen molar-refractivity contribution in [1.82, 2.24) is 4.98 Å². The first-order chi connectivity index (χ1) is 10.9. The Labute approximate surface area is 143 Å². The monoisotopic (exact) mass is 367 g/mol. The van der Waals surface area contributed by atoms with E-state index >= 15 is 0 Å². The molecule has 0 saturated heterocycles. The molecule has 0 saturated carbocycles. The predicted octanol–water partition coefficient (Wildman–Crippen LogP) is 4.62. The summed E-state index contributed by atoms with van der Waals surface area (Å²) in [5.41, 5.74) is 1.25. The van der Waals surface area contributed by atoms with Crippen molar-refractivity contribution in [2.75, 3.05) is 0 Å². The van der Waals surface area contributed by atoms with E-state index in [1.807, 2.05) is 25.1 Å². The van der Waals surface area contributed by atoms with Gasteiger partial charge < -0.3 is 4.18 Å². The highest BCUT2D eigenvalue weighted by Crippen LogP contribution is 2.29. The van der Waals surface area contributed by atoms with E-state index in [0.29, 0.717) is 5.52 Å². The number of para-hydroxylation sites is 1. The first kappa shape index (κ1) is 16.1. The quantitative estimate of drug-likeness (QED) is 0.633. The normalized spacial score (nSPS) is 11.6. The molecule has 0 spiro atoms. The molecular formula is C16H11Cl2NO3S. The summed E-state index contributed by atoms with van der Waals surface area (Å²) in [7, 11) is -4.04. The van der Waals surface area contributed by atoms with Crippen molar-refractivity contribution in [3.05, 3.63) is 64.3 Å². The number of nitrogens with zero attached hydrogens (tertiary/aromatic N) is 1. The zero-order chi connectivity index (χ0) is 16.6. The molecule has 0 fully saturated rings. The van der Waals surface area contributed by atoms with Gasteiger partial charge in [-0.1, -0.05) is 41.4 Å². The fraction of sp³-hybridized carbons (Fsp3) is 0.0625. The predicted molar refractivity (Wildman–Crippen MR) is 90.8 cm³/mol. The van der Waals surface area contributed by atoms with E-state index in [9.17, 15) is 8.42 Å². The van der Waals surface area contributed by atoms with Gasteiger partial charge in [-0.05, 0) is 37.3 Å². The number of aromatic nitrogens is 1. The second-order valence-electron chi connectivity index (χ2n) is 4.89. The average molecular weight is 368 g/mol. The smallest absolute Gasteiger partial charge is 0.339 e. The van der Waals surface area contributed by atoms with Crippen molar-refractivity contribution in [3.63, 3.8) is 0 Å². The highest BCUT2D eigenvalue weighted by molar-refractivity contribution is 7.87. The molecule has 7 heteroatoms. The summed E-state index contributed by atoms with van der Waals surface area (Å²) in [6.07, 6.45) is 0. The van der Waals surface area contributed by atoms with Crippen molar-refractivity contribution in [3.8, 4) is 5.75 Å². The lowest BCUT2D eigenvalue weighted by atomic mass is 10.2. The van der Waals surface area contributed by atoms with Crippen LogP contribution in [0.25, 0.3) is 10.9 Å². The zero-order valence-electron chi connectivity index (χ0n) is 12.0. The van der Waals surface area contributed by atoms with Gasteiger partial charge in [0.05, 0.1) is 10.0 Å². The van der Waals surface area contributed by atoms with Crippen LogP contribution in [-0.4, -0.2) is 13.4 Å². The summed E-state index contributed by atoms with van der Waals surface area (Å²) in [6.45, 7) is 1.82. The molecule has 0 amide bonds. The average Bonchev–Trinajstić information content (AvgIpc) is 2.50. The summed E-state index contributed by atoms with van der Waals surface area (Å²) in [6, 6.07) is 12.8. The Morgan fingerprint density at radius 1 is 1.00 bits per heavy atom. The topological polar surface area (TPSA) is 56.3 Å². The molecule has 0 aliphatic rings. The molecule has 2 aromatic carbocycles. The van der Waals surface area contributed by atoms with E-state index in [1.165, 1.54) is 18.2 Å². The second-order valence-corrected chi connectivity index (χ2v) is 7.25. The van der Waals surface area contributed by atoms with E-state index in [0.717, 1.165) is 11.1 Å². The second kappa shape index (κ2) is 6.00. The van der Waals surface area contributed by atoms with Gasteiger partial charge in [0.1, 0.15) is 10.4 Å². The summed E-state index contributed by atoms with van der Waals surface area (Å²) in [4.78, 5) is 4.28. The SMILES string of the molecule is Cc1ccc2cccc(OS(=O)(=O)c3ccc(Cl)c(Cl)c3)c2n1. The Kier molecular flexibility index (Phi) is 4.19. The van der Waals surface area contributed by atoms with Crippen LogP contribution in [0, 0.1) is 6.92 Å². The van der Waals surface area contributed by atoms with Crippen LogP contribution in [0.4, 0.5) is 0 Å². The molecule has 1 heterocycles. The van der Waals surface area contributed by atoms with Gasteiger partial charge in [0.2, 0.25) is 0 Å². The van der Waals surface area contributed by atoms with Crippen molar-refractivity contribution >= 4 is 44.2 Å². The molecular weight excluding hydrogens is 357 g/mol. The van der Waals surface area contributed by atoms with Gasteiger partial charge in [0.25, 0.3) is 0 Å². The van der Waals surface area contributed by atoms with Crippen LogP contribution >= 0.6 is 23.2 Å². The maximum atomic E-state index is 12.4. The van der Waals surface area contributed by atoms with Crippen molar-refractivity contribution in [2.24, 2.45) is 0 Å². The van der Waals surface area contributed by atoms with Gasteiger partial charge >= 0.3 is 10.1 Å². The maximum absolute atomic E-state index is 12.4. The molecule has 23 heavy (non-hydrogen) atoms. The molecule has 0 atom stereocenters. The van der Waals surface area contributed by atoms with E-state index in [2.05, 4.69) is 4.98 Å². The van der Waals surface area contributed by atoms with Crippen molar-refractivity contribution < 1.29 is 12.6 Å². The minimum atomic E-state index is -4.04.